The molecule has 0 heterocycles. The molecule has 1 atom stereocenters. The molecule has 1 aliphatic rings. The van der Waals surface area contributed by atoms with Crippen molar-refractivity contribution in [1.82, 2.24) is 0 Å². The summed E-state index contributed by atoms with van der Waals surface area (Å²) in [6.45, 7) is 2.65. The van der Waals surface area contributed by atoms with Crippen LogP contribution in [0.4, 0.5) is 11.4 Å². The topological polar surface area (TPSA) is 93.7 Å². The number of rotatable bonds is 7. The van der Waals surface area contributed by atoms with Gasteiger partial charge >= 0.3 is 5.97 Å². The van der Waals surface area contributed by atoms with Crippen molar-refractivity contribution >= 4 is 29.2 Å². The molecular weight excluding hydrogens is 372 g/mol. The molecule has 0 spiro atoms. The van der Waals surface area contributed by atoms with E-state index in [1.807, 2.05) is 18.2 Å². The van der Waals surface area contributed by atoms with Crippen molar-refractivity contribution in [1.29, 1.82) is 0 Å². The average molecular weight is 396 g/mol. The van der Waals surface area contributed by atoms with E-state index in [4.69, 9.17) is 9.47 Å². The van der Waals surface area contributed by atoms with Crippen LogP contribution in [0.1, 0.15) is 31.4 Å². The highest BCUT2D eigenvalue weighted by atomic mass is 16.6. The number of hydrogen-bond acceptors (Lipinski definition) is 5. The van der Waals surface area contributed by atoms with Gasteiger partial charge in [0.25, 0.3) is 5.91 Å². The third-order valence-corrected chi connectivity index (χ3v) is 4.58. The first-order valence-corrected chi connectivity index (χ1v) is 9.53. The number of anilines is 2. The van der Waals surface area contributed by atoms with Gasteiger partial charge in [-0.15, -0.1) is 0 Å². The van der Waals surface area contributed by atoms with Gasteiger partial charge in [-0.2, -0.15) is 0 Å². The molecule has 29 heavy (non-hydrogen) atoms. The third-order valence-electron chi connectivity index (χ3n) is 4.58. The molecular formula is C22H24N2O5. The first-order chi connectivity index (χ1) is 13.9. The van der Waals surface area contributed by atoms with Crippen molar-refractivity contribution in [3.63, 3.8) is 0 Å². The van der Waals surface area contributed by atoms with Crippen LogP contribution in [0.25, 0.3) is 0 Å². The molecule has 2 aromatic rings. The number of fused-ring (bicyclic) bond motifs is 1. The van der Waals surface area contributed by atoms with Crippen molar-refractivity contribution in [2.75, 3.05) is 17.2 Å². The van der Waals surface area contributed by atoms with Crippen LogP contribution in [-0.2, 0) is 32.0 Å². The number of hydrogen-bond donors (Lipinski definition) is 2. The number of esters is 1. The fourth-order valence-electron chi connectivity index (χ4n) is 3.15. The molecule has 0 radical (unpaired) electrons. The molecule has 2 N–H and O–H groups in total. The predicted octanol–water partition coefficient (Wildman–Crippen LogP) is 3.08. The summed E-state index contributed by atoms with van der Waals surface area (Å²) in [7, 11) is 0. The fraction of sp³-hybridized carbons (Fsp3) is 0.318. The molecule has 0 fully saturated rings. The van der Waals surface area contributed by atoms with Gasteiger partial charge in [-0.25, -0.2) is 4.79 Å². The molecule has 2 amide bonds. The van der Waals surface area contributed by atoms with E-state index >= 15 is 0 Å². The Balaban J connectivity index is 1.45. The van der Waals surface area contributed by atoms with Crippen LogP contribution in [0.15, 0.2) is 42.5 Å². The molecule has 152 valence electrons. The largest absolute Gasteiger partial charge is 0.482 e. The van der Waals surface area contributed by atoms with Crippen molar-refractivity contribution in [2.24, 2.45) is 0 Å². The summed E-state index contributed by atoms with van der Waals surface area (Å²) in [5.41, 5.74) is 3.74. The number of carbonyl (C=O) groups excluding carboxylic acids is 3. The second-order valence-corrected chi connectivity index (χ2v) is 6.95. The van der Waals surface area contributed by atoms with Crippen LogP contribution in [0.3, 0.4) is 0 Å². The average Bonchev–Trinajstić information content (AvgIpc) is 3.15. The Morgan fingerprint density at radius 1 is 0.966 bits per heavy atom. The number of aryl methyl sites for hydroxylation is 2. The summed E-state index contributed by atoms with van der Waals surface area (Å²) in [5, 5.41) is 5.30. The van der Waals surface area contributed by atoms with E-state index < -0.39 is 18.0 Å². The van der Waals surface area contributed by atoms with E-state index in [1.165, 1.54) is 25.0 Å². The molecule has 0 saturated carbocycles. The van der Waals surface area contributed by atoms with Gasteiger partial charge < -0.3 is 20.1 Å². The highest BCUT2D eigenvalue weighted by molar-refractivity contribution is 5.95. The number of ether oxygens (including phenoxy) is 2. The minimum atomic E-state index is -0.971. The van der Waals surface area contributed by atoms with E-state index in [0.717, 1.165) is 19.3 Å². The molecule has 0 aromatic heterocycles. The monoisotopic (exact) mass is 396 g/mol. The van der Waals surface area contributed by atoms with Crippen molar-refractivity contribution in [3.8, 4) is 5.75 Å². The Kier molecular flexibility index (Phi) is 6.49. The lowest BCUT2D eigenvalue weighted by atomic mass is 10.1. The van der Waals surface area contributed by atoms with Crippen LogP contribution >= 0.6 is 0 Å². The number of amides is 2. The van der Waals surface area contributed by atoms with Gasteiger partial charge in [-0.05, 0) is 73.7 Å². The highest BCUT2D eigenvalue weighted by Gasteiger charge is 2.19. The summed E-state index contributed by atoms with van der Waals surface area (Å²) in [6.07, 6.45) is 2.28. The van der Waals surface area contributed by atoms with Crippen LogP contribution in [0.2, 0.25) is 0 Å². The lowest BCUT2D eigenvalue weighted by Crippen LogP contribution is -2.31. The van der Waals surface area contributed by atoms with E-state index in [9.17, 15) is 14.4 Å². The summed E-state index contributed by atoms with van der Waals surface area (Å²) >= 11 is 0. The number of carbonyl (C=O) groups is 3. The van der Waals surface area contributed by atoms with Gasteiger partial charge in [0, 0.05) is 18.3 Å². The molecule has 7 nitrogen and oxygen atoms in total. The first-order valence-electron chi connectivity index (χ1n) is 9.53. The van der Waals surface area contributed by atoms with Crippen molar-refractivity contribution in [3.05, 3.63) is 53.6 Å². The van der Waals surface area contributed by atoms with Gasteiger partial charge in [0.2, 0.25) is 5.91 Å². The molecule has 1 aliphatic carbocycles. The molecule has 0 saturated heterocycles. The van der Waals surface area contributed by atoms with Crippen LogP contribution < -0.4 is 15.4 Å². The van der Waals surface area contributed by atoms with E-state index in [1.54, 1.807) is 24.3 Å². The van der Waals surface area contributed by atoms with E-state index in [2.05, 4.69) is 10.6 Å². The summed E-state index contributed by atoms with van der Waals surface area (Å²) < 4.78 is 10.6. The second-order valence-electron chi connectivity index (χ2n) is 6.95. The molecule has 3 rings (SSSR count). The zero-order chi connectivity index (χ0) is 20.8. The Labute approximate surface area is 169 Å². The Bertz CT molecular complexity index is 908. The Hall–Kier alpha value is -3.35. The van der Waals surface area contributed by atoms with Crippen LogP contribution in [0.5, 0.6) is 5.75 Å². The highest BCUT2D eigenvalue weighted by Crippen LogP contribution is 2.26. The van der Waals surface area contributed by atoms with Crippen molar-refractivity contribution in [2.45, 2.75) is 39.2 Å². The van der Waals surface area contributed by atoms with Gasteiger partial charge in [0.1, 0.15) is 5.75 Å². The van der Waals surface area contributed by atoms with Gasteiger partial charge in [0.05, 0.1) is 0 Å². The van der Waals surface area contributed by atoms with E-state index in [-0.39, 0.29) is 12.5 Å². The maximum absolute atomic E-state index is 12.2. The van der Waals surface area contributed by atoms with Gasteiger partial charge in [0.15, 0.2) is 12.7 Å². The number of benzene rings is 2. The number of nitrogens with one attached hydrogen (secondary N) is 2. The lowest BCUT2D eigenvalue weighted by molar-refractivity contribution is -0.155. The zero-order valence-electron chi connectivity index (χ0n) is 16.5. The predicted molar refractivity (Wildman–Crippen MR) is 109 cm³/mol. The lowest BCUT2D eigenvalue weighted by Gasteiger charge is -2.14. The quantitative estimate of drug-likeness (QED) is 0.702. The zero-order valence-corrected chi connectivity index (χ0v) is 16.5. The van der Waals surface area contributed by atoms with Crippen LogP contribution in [-0.4, -0.2) is 30.5 Å². The standard InChI is InChI=1S/C22H24N2O5/c1-14(22(27)24-19-9-7-18(8-10-19)23-15(2)25)29-21(26)13-28-20-11-6-16-4-3-5-17(16)12-20/h6-12,14H,3-5,13H2,1-2H3,(H,23,25)(H,24,27)/t14-/m1/s1. The molecule has 0 bridgehead atoms. The molecule has 2 aromatic carbocycles. The minimum Gasteiger partial charge on any atom is -0.482 e. The van der Waals surface area contributed by atoms with E-state index in [0.29, 0.717) is 17.1 Å². The molecule has 0 unspecified atom stereocenters. The summed E-state index contributed by atoms with van der Waals surface area (Å²) in [5.74, 6) is -0.624. The fourth-order valence-corrected chi connectivity index (χ4v) is 3.15. The maximum Gasteiger partial charge on any atom is 0.344 e. The first kappa shape index (κ1) is 20.4. The summed E-state index contributed by atoms with van der Waals surface area (Å²) in [4.78, 5) is 35.2. The molecule has 7 heteroatoms. The normalized spacial score (nSPS) is 13.2. The smallest absolute Gasteiger partial charge is 0.344 e. The Morgan fingerprint density at radius 2 is 1.62 bits per heavy atom. The van der Waals surface area contributed by atoms with Gasteiger partial charge in [-0.1, -0.05) is 6.07 Å². The summed E-state index contributed by atoms with van der Waals surface area (Å²) in [6, 6.07) is 12.4. The van der Waals surface area contributed by atoms with Crippen molar-refractivity contribution < 1.29 is 23.9 Å². The molecule has 0 aliphatic heterocycles. The second kappa shape index (κ2) is 9.23. The third kappa shape index (κ3) is 5.81. The Morgan fingerprint density at radius 3 is 2.31 bits per heavy atom. The maximum atomic E-state index is 12.2. The van der Waals surface area contributed by atoms with Crippen LogP contribution in [0, 0.1) is 0 Å². The minimum absolute atomic E-state index is 0.176. The SMILES string of the molecule is CC(=O)Nc1ccc(NC(=O)[C@@H](C)OC(=O)COc2ccc3c(c2)CCC3)cc1. The van der Waals surface area contributed by atoms with Gasteiger partial charge in [-0.3, -0.25) is 9.59 Å².